The average Bonchev–Trinajstić information content (AvgIpc) is 2.84. The van der Waals surface area contributed by atoms with Crippen molar-refractivity contribution in [1.29, 1.82) is 0 Å². The molecule has 2 aromatic carbocycles. The second kappa shape index (κ2) is 10.1. The van der Waals surface area contributed by atoms with E-state index in [1.807, 2.05) is 19.1 Å². The SMILES string of the molecule is Cc1ccc(S(=O)(=O)NCc2ccc(C(=O)NC3CCN(c4ccncc4)CC3)cc2)cc1. The van der Waals surface area contributed by atoms with E-state index in [9.17, 15) is 13.2 Å². The average molecular weight is 465 g/mol. The van der Waals surface area contributed by atoms with Crippen molar-refractivity contribution in [2.75, 3.05) is 18.0 Å². The van der Waals surface area contributed by atoms with Gasteiger partial charge >= 0.3 is 0 Å². The lowest BCUT2D eigenvalue weighted by molar-refractivity contribution is 0.0931. The molecule has 1 aliphatic heterocycles. The van der Waals surface area contributed by atoms with Crippen LogP contribution in [0.15, 0.2) is 78.0 Å². The Bertz CT molecular complexity index is 1170. The zero-order valence-electron chi connectivity index (χ0n) is 18.6. The Balaban J connectivity index is 1.27. The van der Waals surface area contributed by atoms with Crippen LogP contribution in [0.25, 0.3) is 0 Å². The Morgan fingerprint density at radius 1 is 0.970 bits per heavy atom. The van der Waals surface area contributed by atoms with Crippen LogP contribution in [-0.4, -0.2) is 38.4 Å². The first-order chi connectivity index (χ1) is 15.9. The first kappa shape index (κ1) is 22.9. The number of carbonyl (C=O) groups excluding carboxylic acids is 1. The number of sulfonamides is 1. The topological polar surface area (TPSA) is 91.4 Å². The summed E-state index contributed by atoms with van der Waals surface area (Å²) in [6, 6.07) is 17.9. The van der Waals surface area contributed by atoms with E-state index in [1.54, 1.807) is 60.9 Å². The molecule has 3 aromatic rings. The molecule has 33 heavy (non-hydrogen) atoms. The van der Waals surface area contributed by atoms with Gasteiger partial charge in [0, 0.05) is 49.3 Å². The van der Waals surface area contributed by atoms with Crippen LogP contribution in [0, 0.1) is 6.92 Å². The number of amides is 1. The Kier molecular flexibility index (Phi) is 7.05. The van der Waals surface area contributed by atoms with Crippen molar-refractivity contribution < 1.29 is 13.2 Å². The number of aryl methyl sites for hydroxylation is 1. The minimum atomic E-state index is -3.58. The quantitative estimate of drug-likeness (QED) is 0.560. The number of hydrogen-bond donors (Lipinski definition) is 2. The minimum Gasteiger partial charge on any atom is -0.371 e. The van der Waals surface area contributed by atoms with Crippen molar-refractivity contribution in [3.8, 4) is 0 Å². The highest BCUT2D eigenvalue weighted by Gasteiger charge is 2.21. The van der Waals surface area contributed by atoms with Gasteiger partial charge < -0.3 is 10.2 Å². The molecule has 0 bridgehead atoms. The molecule has 1 amide bonds. The fourth-order valence-electron chi connectivity index (χ4n) is 3.86. The number of rotatable bonds is 7. The lowest BCUT2D eigenvalue weighted by atomic mass is 10.0. The van der Waals surface area contributed by atoms with Gasteiger partial charge in [0.05, 0.1) is 4.90 Å². The molecule has 1 aliphatic rings. The number of piperidine rings is 1. The van der Waals surface area contributed by atoms with Gasteiger partial charge in [-0.2, -0.15) is 0 Å². The molecule has 4 rings (SSSR count). The summed E-state index contributed by atoms with van der Waals surface area (Å²) in [6.07, 6.45) is 5.35. The number of aromatic nitrogens is 1. The first-order valence-corrected chi connectivity index (χ1v) is 12.5. The standard InChI is InChI=1S/C25H28N4O3S/c1-19-2-8-24(9-3-19)33(31,32)27-18-20-4-6-21(7-5-20)25(30)28-22-12-16-29(17-13-22)23-10-14-26-15-11-23/h2-11,14-15,22,27H,12-13,16-18H2,1H3,(H,28,30). The molecule has 7 nitrogen and oxygen atoms in total. The number of carbonyl (C=O) groups is 1. The molecular weight excluding hydrogens is 436 g/mol. The largest absolute Gasteiger partial charge is 0.371 e. The van der Waals surface area contributed by atoms with E-state index in [0.717, 1.165) is 42.7 Å². The number of benzene rings is 2. The monoisotopic (exact) mass is 464 g/mol. The van der Waals surface area contributed by atoms with Crippen molar-refractivity contribution >= 4 is 21.6 Å². The fourth-order valence-corrected chi connectivity index (χ4v) is 4.88. The van der Waals surface area contributed by atoms with E-state index in [2.05, 4.69) is 19.9 Å². The van der Waals surface area contributed by atoms with Crippen molar-refractivity contribution in [1.82, 2.24) is 15.0 Å². The maximum absolute atomic E-state index is 12.7. The molecule has 1 aromatic heterocycles. The summed E-state index contributed by atoms with van der Waals surface area (Å²) in [5.74, 6) is -0.107. The van der Waals surface area contributed by atoms with E-state index >= 15 is 0 Å². The molecular formula is C25H28N4O3S. The second-order valence-electron chi connectivity index (χ2n) is 8.27. The molecule has 1 saturated heterocycles. The van der Waals surface area contributed by atoms with Gasteiger partial charge in [-0.15, -0.1) is 0 Å². The number of nitrogens with one attached hydrogen (secondary N) is 2. The summed E-state index contributed by atoms with van der Waals surface area (Å²) < 4.78 is 27.5. The van der Waals surface area contributed by atoms with Crippen LogP contribution < -0.4 is 14.9 Å². The zero-order chi connectivity index (χ0) is 23.3. The maximum atomic E-state index is 12.7. The van der Waals surface area contributed by atoms with Crippen LogP contribution in [-0.2, 0) is 16.6 Å². The lowest BCUT2D eigenvalue weighted by Gasteiger charge is -2.33. The van der Waals surface area contributed by atoms with Crippen LogP contribution >= 0.6 is 0 Å². The van der Waals surface area contributed by atoms with Crippen LogP contribution in [0.2, 0.25) is 0 Å². The van der Waals surface area contributed by atoms with Gasteiger partial charge in [0.2, 0.25) is 10.0 Å². The van der Waals surface area contributed by atoms with Gasteiger partial charge in [0.25, 0.3) is 5.91 Å². The van der Waals surface area contributed by atoms with Crippen molar-refractivity contribution in [3.63, 3.8) is 0 Å². The van der Waals surface area contributed by atoms with Crippen molar-refractivity contribution in [2.45, 2.75) is 37.2 Å². The summed E-state index contributed by atoms with van der Waals surface area (Å²) >= 11 is 0. The number of pyridine rings is 1. The molecule has 0 radical (unpaired) electrons. The van der Waals surface area contributed by atoms with Gasteiger partial charge in [-0.05, 0) is 61.7 Å². The maximum Gasteiger partial charge on any atom is 0.251 e. The Morgan fingerprint density at radius 3 is 2.24 bits per heavy atom. The molecule has 0 aliphatic carbocycles. The highest BCUT2D eigenvalue weighted by atomic mass is 32.2. The number of nitrogens with zero attached hydrogens (tertiary/aromatic N) is 2. The van der Waals surface area contributed by atoms with Crippen LogP contribution in [0.3, 0.4) is 0 Å². The van der Waals surface area contributed by atoms with E-state index < -0.39 is 10.0 Å². The van der Waals surface area contributed by atoms with E-state index in [1.165, 1.54) is 0 Å². The van der Waals surface area contributed by atoms with Crippen LogP contribution in [0.5, 0.6) is 0 Å². The Labute approximate surface area is 194 Å². The Hall–Kier alpha value is -3.23. The second-order valence-corrected chi connectivity index (χ2v) is 10.0. The van der Waals surface area contributed by atoms with Gasteiger partial charge in [-0.3, -0.25) is 9.78 Å². The van der Waals surface area contributed by atoms with Gasteiger partial charge in [0.15, 0.2) is 0 Å². The molecule has 172 valence electrons. The van der Waals surface area contributed by atoms with E-state index in [4.69, 9.17) is 0 Å². The lowest BCUT2D eigenvalue weighted by Crippen LogP contribution is -2.44. The summed E-state index contributed by atoms with van der Waals surface area (Å²) in [5, 5.41) is 3.12. The third kappa shape index (κ3) is 5.97. The van der Waals surface area contributed by atoms with Gasteiger partial charge in [-0.1, -0.05) is 29.8 Å². The summed E-state index contributed by atoms with van der Waals surface area (Å²) in [7, 11) is -3.58. The van der Waals surface area contributed by atoms with Crippen LogP contribution in [0.4, 0.5) is 5.69 Å². The molecule has 1 fully saturated rings. The summed E-state index contributed by atoms with van der Waals surface area (Å²) in [6.45, 7) is 3.84. The van der Waals surface area contributed by atoms with Crippen molar-refractivity contribution in [2.24, 2.45) is 0 Å². The third-order valence-electron chi connectivity index (χ3n) is 5.87. The molecule has 2 N–H and O–H groups in total. The molecule has 2 heterocycles. The molecule has 0 spiro atoms. The summed E-state index contributed by atoms with van der Waals surface area (Å²) in [5.41, 5.74) is 3.51. The predicted molar refractivity (Wildman–Crippen MR) is 129 cm³/mol. The highest BCUT2D eigenvalue weighted by Crippen LogP contribution is 2.19. The molecule has 0 unspecified atom stereocenters. The van der Waals surface area contributed by atoms with E-state index in [-0.39, 0.29) is 23.4 Å². The Morgan fingerprint density at radius 2 is 1.61 bits per heavy atom. The van der Waals surface area contributed by atoms with Crippen molar-refractivity contribution in [3.05, 3.63) is 89.7 Å². The summed E-state index contributed by atoms with van der Waals surface area (Å²) in [4.78, 5) is 19.3. The van der Waals surface area contributed by atoms with E-state index in [0.29, 0.717) is 5.56 Å². The number of anilines is 1. The van der Waals surface area contributed by atoms with Crippen LogP contribution in [0.1, 0.15) is 34.3 Å². The molecule has 0 atom stereocenters. The fraction of sp³-hybridized carbons (Fsp3) is 0.280. The normalized spacial score (nSPS) is 14.8. The minimum absolute atomic E-state index is 0.107. The molecule has 0 saturated carbocycles. The predicted octanol–water partition coefficient (Wildman–Crippen LogP) is 3.27. The zero-order valence-corrected chi connectivity index (χ0v) is 19.4. The third-order valence-corrected chi connectivity index (χ3v) is 7.29. The number of hydrogen-bond acceptors (Lipinski definition) is 5. The van der Waals surface area contributed by atoms with Gasteiger partial charge in [-0.25, -0.2) is 13.1 Å². The highest BCUT2D eigenvalue weighted by molar-refractivity contribution is 7.89. The smallest absolute Gasteiger partial charge is 0.251 e. The van der Waals surface area contributed by atoms with Gasteiger partial charge in [0.1, 0.15) is 0 Å². The first-order valence-electron chi connectivity index (χ1n) is 11.0. The molecule has 8 heteroatoms.